The first-order valence-corrected chi connectivity index (χ1v) is 7.14. The second kappa shape index (κ2) is 8.55. The Labute approximate surface area is 118 Å². The monoisotopic (exact) mass is 267 g/mol. The zero-order chi connectivity index (χ0) is 11.9. The molecule has 1 aromatic carbocycles. The third-order valence-corrected chi connectivity index (χ3v) is 3.94. The van der Waals surface area contributed by atoms with Gasteiger partial charge in [-0.25, -0.2) is 0 Å². The van der Waals surface area contributed by atoms with Crippen LogP contribution in [0.2, 0.25) is 0 Å². The number of nitrogens with one attached hydrogen (secondary N) is 1. The molecule has 18 heavy (non-hydrogen) atoms. The molecule has 1 unspecified atom stereocenters. The molecule has 1 nitrogen and oxygen atoms in total. The van der Waals surface area contributed by atoms with Gasteiger partial charge in [-0.3, -0.25) is 0 Å². The average Bonchev–Trinajstić information content (AvgIpc) is 2.65. The molecule has 0 radical (unpaired) electrons. The predicted molar refractivity (Wildman–Crippen MR) is 81.6 cm³/mol. The standard InChI is InChI=1S/C16H25N.ClH/c1-14(15-9-5-4-6-10-15)13-17-16-11-7-2-3-8-12-16;/h4-6,9-10,14,16-17H,2-3,7-8,11-13H2,1H3;1H. The molecule has 2 heteroatoms. The topological polar surface area (TPSA) is 12.0 Å². The van der Waals surface area contributed by atoms with E-state index in [9.17, 15) is 0 Å². The summed E-state index contributed by atoms with van der Waals surface area (Å²) in [5, 5.41) is 3.76. The first kappa shape index (κ1) is 15.5. The van der Waals surface area contributed by atoms with Crippen molar-refractivity contribution in [3.05, 3.63) is 35.9 Å². The number of rotatable bonds is 4. The highest BCUT2D eigenvalue weighted by molar-refractivity contribution is 5.85. The Morgan fingerprint density at radius 1 is 1.06 bits per heavy atom. The molecule has 0 bridgehead atoms. The van der Waals surface area contributed by atoms with Crippen LogP contribution in [0.3, 0.4) is 0 Å². The fourth-order valence-corrected chi connectivity index (χ4v) is 2.73. The predicted octanol–water partition coefficient (Wildman–Crippen LogP) is 4.52. The van der Waals surface area contributed by atoms with E-state index >= 15 is 0 Å². The van der Waals surface area contributed by atoms with E-state index < -0.39 is 0 Å². The van der Waals surface area contributed by atoms with Crippen molar-refractivity contribution in [1.82, 2.24) is 5.32 Å². The van der Waals surface area contributed by atoms with Gasteiger partial charge in [0.25, 0.3) is 0 Å². The van der Waals surface area contributed by atoms with Crippen LogP contribution < -0.4 is 5.32 Å². The Balaban J connectivity index is 0.00000162. The van der Waals surface area contributed by atoms with Crippen LogP contribution >= 0.6 is 12.4 Å². The first-order valence-electron chi connectivity index (χ1n) is 7.14. The molecule has 102 valence electrons. The van der Waals surface area contributed by atoms with E-state index in [-0.39, 0.29) is 12.4 Å². The fourth-order valence-electron chi connectivity index (χ4n) is 2.73. The summed E-state index contributed by atoms with van der Waals surface area (Å²) in [4.78, 5) is 0. The maximum atomic E-state index is 3.76. The summed E-state index contributed by atoms with van der Waals surface area (Å²) in [6, 6.07) is 11.6. The van der Waals surface area contributed by atoms with E-state index in [1.807, 2.05) is 0 Å². The first-order chi connectivity index (χ1) is 8.36. The Hall–Kier alpha value is -0.530. The van der Waals surface area contributed by atoms with Crippen LogP contribution in [-0.2, 0) is 0 Å². The van der Waals surface area contributed by atoms with Gasteiger partial charge in [0.2, 0.25) is 0 Å². The molecule has 0 aliphatic heterocycles. The summed E-state index contributed by atoms with van der Waals surface area (Å²) < 4.78 is 0. The third-order valence-electron chi connectivity index (χ3n) is 3.94. The summed E-state index contributed by atoms with van der Waals surface area (Å²) in [7, 11) is 0. The summed E-state index contributed by atoms with van der Waals surface area (Å²) in [5.74, 6) is 0.624. The van der Waals surface area contributed by atoms with Gasteiger partial charge in [0.15, 0.2) is 0 Å². The molecule has 1 aliphatic carbocycles. The molecule has 1 saturated carbocycles. The van der Waals surface area contributed by atoms with E-state index in [0.29, 0.717) is 5.92 Å². The van der Waals surface area contributed by atoms with Crippen molar-refractivity contribution in [2.45, 2.75) is 57.4 Å². The minimum absolute atomic E-state index is 0. The second-order valence-electron chi connectivity index (χ2n) is 5.41. The zero-order valence-electron chi connectivity index (χ0n) is 11.4. The molecule has 1 N–H and O–H groups in total. The van der Waals surface area contributed by atoms with Crippen LogP contribution in [-0.4, -0.2) is 12.6 Å². The van der Waals surface area contributed by atoms with Crippen molar-refractivity contribution < 1.29 is 0 Å². The van der Waals surface area contributed by atoms with Crippen molar-refractivity contribution in [2.75, 3.05) is 6.54 Å². The lowest BCUT2D eigenvalue weighted by atomic mass is 10.0. The summed E-state index contributed by atoms with van der Waals surface area (Å²) >= 11 is 0. The van der Waals surface area contributed by atoms with Crippen molar-refractivity contribution >= 4 is 12.4 Å². The van der Waals surface area contributed by atoms with Gasteiger partial charge in [0.1, 0.15) is 0 Å². The Morgan fingerprint density at radius 3 is 2.28 bits per heavy atom. The minimum Gasteiger partial charge on any atom is -0.313 e. The lowest BCUT2D eigenvalue weighted by molar-refractivity contribution is 0.446. The summed E-state index contributed by atoms with van der Waals surface area (Å²) in [6.07, 6.45) is 8.45. The maximum absolute atomic E-state index is 3.76. The number of benzene rings is 1. The molecule has 1 aliphatic rings. The van der Waals surface area contributed by atoms with E-state index in [1.54, 1.807) is 0 Å². The van der Waals surface area contributed by atoms with Crippen molar-refractivity contribution in [1.29, 1.82) is 0 Å². The van der Waals surface area contributed by atoms with Crippen LogP contribution in [0.4, 0.5) is 0 Å². The molecular formula is C16H26ClN. The molecule has 2 rings (SSSR count). The molecule has 0 aromatic heterocycles. The average molecular weight is 268 g/mol. The number of hydrogen-bond acceptors (Lipinski definition) is 1. The summed E-state index contributed by atoms with van der Waals surface area (Å²) in [5.41, 5.74) is 1.45. The van der Waals surface area contributed by atoms with Gasteiger partial charge >= 0.3 is 0 Å². The molecular weight excluding hydrogens is 242 g/mol. The smallest absolute Gasteiger partial charge is 0.00673 e. The Morgan fingerprint density at radius 2 is 1.67 bits per heavy atom. The molecule has 0 heterocycles. The van der Waals surface area contributed by atoms with Gasteiger partial charge in [-0.2, -0.15) is 0 Å². The van der Waals surface area contributed by atoms with E-state index in [4.69, 9.17) is 0 Å². The van der Waals surface area contributed by atoms with Gasteiger partial charge < -0.3 is 5.32 Å². The van der Waals surface area contributed by atoms with Crippen LogP contribution in [0.25, 0.3) is 0 Å². The van der Waals surface area contributed by atoms with Gasteiger partial charge in [0, 0.05) is 12.6 Å². The van der Waals surface area contributed by atoms with Crippen molar-refractivity contribution in [2.24, 2.45) is 0 Å². The van der Waals surface area contributed by atoms with E-state index in [0.717, 1.165) is 12.6 Å². The zero-order valence-corrected chi connectivity index (χ0v) is 12.2. The quantitative estimate of drug-likeness (QED) is 0.791. The second-order valence-corrected chi connectivity index (χ2v) is 5.41. The minimum atomic E-state index is 0. The molecule has 1 fully saturated rings. The van der Waals surface area contributed by atoms with Gasteiger partial charge in [-0.05, 0) is 24.3 Å². The van der Waals surface area contributed by atoms with Crippen LogP contribution in [0.5, 0.6) is 0 Å². The van der Waals surface area contributed by atoms with Gasteiger partial charge in [-0.15, -0.1) is 12.4 Å². The highest BCUT2D eigenvalue weighted by atomic mass is 35.5. The lowest BCUT2D eigenvalue weighted by Crippen LogP contribution is -2.31. The maximum Gasteiger partial charge on any atom is 0.00673 e. The van der Waals surface area contributed by atoms with E-state index in [2.05, 4.69) is 42.6 Å². The van der Waals surface area contributed by atoms with E-state index in [1.165, 1.54) is 44.1 Å². The van der Waals surface area contributed by atoms with Crippen molar-refractivity contribution in [3.8, 4) is 0 Å². The van der Waals surface area contributed by atoms with Crippen LogP contribution in [0, 0.1) is 0 Å². The highest BCUT2D eigenvalue weighted by Gasteiger charge is 2.13. The van der Waals surface area contributed by atoms with Crippen molar-refractivity contribution in [3.63, 3.8) is 0 Å². The van der Waals surface area contributed by atoms with Gasteiger partial charge in [-0.1, -0.05) is 62.9 Å². The summed E-state index contributed by atoms with van der Waals surface area (Å²) in [6.45, 7) is 3.44. The largest absolute Gasteiger partial charge is 0.313 e. The third kappa shape index (κ3) is 4.99. The SMILES string of the molecule is CC(CNC1CCCCCC1)c1ccccc1.Cl. The molecule has 1 aromatic rings. The lowest BCUT2D eigenvalue weighted by Gasteiger charge is -2.19. The molecule has 0 saturated heterocycles. The molecule has 0 amide bonds. The van der Waals surface area contributed by atoms with Crippen LogP contribution in [0.15, 0.2) is 30.3 Å². The fraction of sp³-hybridized carbons (Fsp3) is 0.625. The number of hydrogen-bond donors (Lipinski definition) is 1. The molecule has 0 spiro atoms. The normalized spacial score (nSPS) is 18.7. The van der Waals surface area contributed by atoms with Crippen LogP contribution in [0.1, 0.15) is 56.9 Å². The number of halogens is 1. The van der Waals surface area contributed by atoms with Gasteiger partial charge in [0.05, 0.1) is 0 Å². The Kier molecular flexibility index (Phi) is 7.38. The Bertz CT molecular complexity index is 304. The molecule has 1 atom stereocenters. The highest BCUT2D eigenvalue weighted by Crippen LogP contribution is 2.19.